The van der Waals surface area contributed by atoms with E-state index >= 15 is 0 Å². The fraction of sp³-hybridized carbons (Fsp3) is 0.385. The topological polar surface area (TPSA) is 171 Å². The Morgan fingerprint density at radius 3 is 1.81 bits per heavy atom. The Bertz CT molecular complexity index is 803. The van der Waals surface area contributed by atoms with Gasteiger partial charge < -0.3 is 20.2 Å². The summed E-state index contributed by atoms with van der Waals surface area (Å²) in [4.78, 5) is 33.6. The van der Waals surface area contributed by atoms with Gasteiger partial charge in [0.15, 0.2) is 0 Å². The molecule has 0 spiro atoms. The summed E-state index contributed by atoms with van der Waals surface area (Å²) in [6.07, 6.45) is 0. The summed E-state index contributed by atoms with van der Waals surface area (Å²) in [5.74, 6) is -1.07. The third-order valence-electron chi connectivity index (χ3n) is 3.38. The summed E-state index contributed by atoms with van der Waals surface area (Å²) in [5.41, 5.74) is -3.71. The molecule has 0 aliphatic rings. The lowest BCUT2D eigenvalue weighted by Crippen LogP contribution is -2.27. The quantitative estimate of drug-likeness (QED) is 0.403. The third-order valence-corrected chi connectivity index (χ3v) is 3.38. The van der Waals surface area contributed by atoms with Crippen LogP contribution < -0.4 is 15.3 Å². The fourth-order valence-corrected chi connectivity index (χ4v) is 2.35. The molecule has 0 aliphatic heterocycles. The summed E-state index contributed by atoms with van der Waals surface area (Å²) in [7, 11) is 6.51. The summed E-state index contributed by atoms with van der Waals surface area (Å²) in [6, 6.07) is 0.697. The van der Waals surface area contributed by atoms with Crippen molar-refractivity contribution in [3.63, 3.8) is 0 Å². The van der Waals surface area contributed by atoms with Crippen molar-refractivity contribution < 1.29 is 19.9 Å². The van der Waals surface area contributed by atoms with Crippen molar-refractivity contribution in [2.75, 3.05) is 45.5 Å². The Morgan fingerprint density at radius 2 is 1.50 bits per heavy atom. The number of hydrogen-bond acceptors (Lipinski definition) is 10. The van der Waals surface area contributed by atoms with Crippen LogP contribution in [-0.4, -0.2) is 54.9 Å². The number of nitro groups is 3. The maximum absolute atomic E-state index is 12.4. The first kappa shape index (κ1) is 20.4. The highest BCUT2D eigenvalue weighted by Gasteiger charge is 2.37. The number of anilines is 2. The second-order valence-corrected chi connectivity index (χ2v) is 5.48. The van der Waals surface area contributed by atoms with E-state index in [9.17, 15) is 35.4 Å². The second kappa shape index (κ2) is 7.50. The molecule has 0 heterocycles. The first-order chi connectivity index (χ1) is 11.9. The normalized spacial score (nSPS) is 11.4. The molecule has 0 aromatic heterocycles. The SMILES string of the molecule is CNc1c([N+](=O)[O-])cc([N+](=O)[O-])c(N(C)C)c1/C(=C(\[O-])N(C)C)[N+](=O)[O-]. The van der Waals surface area contributed by atoms with Gasteiger partial charge in [-0.25, -0.2) is 0 Å². The van der Waals surface area contributed by atoms with Crippen LogP contribution >= 0.6 is 0 Å². The zero-order valence-corrected chi connectivity index (χ0v) is 14.7. The molecule has 1 aromatic rings. The molecule has 0 bridgehead atoms. The van der Waals surface area contributed by atoms with Crippen LogP contribution in [0.2, 0.25) is 0 Å². The van der Waals surface area contributed by atoms with Crippen LogP contribution in [0, 0.1) is 30.3 Å². The standard InChI is InChI=1S/C13H18N6O7/c1-14-10-7(17(21)22)6-8(18(23)24)11(15(2)3)9(10)12(19(25)26)13(20)16(4)5/h6,14,20H,1-5H3/p-1/b13-12+. The first-order valence-electron chi connectivity index (χ1n) is 7.03. The lowest BCUT2D eigenvalue weighted by atomic mass is 10.0. The molecule has 1 rings (SSSR count). The smallest absolute Gasteiger partial charge is 0.300 e. The van der Waals surface area contributed by atoms with Crippen LogP contribution in [-0.2, 0) is 0 Å². The Balaban J connectivity index is 4.29. The monoisotopic (exact) mass is 369 g/mol. The Morgan fingerprint density at radius 1 is 1.00 bits per heavy atom. The molecule has 0 radical (unpaired) electrons. The number of nitro benzene ring substituents is 2. The Kier molecular flexibility index (Phi) is 5.89. The Labute approximate surface area is 147 Å². The van der Waals surface area contributed by atoms with Gasteiger partial charge in [-0.3, -0.25) is 30.3 Å². The molecule has 142 valence electrons. The van der Waals surface area contributed by atoms with Gasteiger partial charge in [-0.05, 0) is 0 Å². The zero-order valence-electron chi connectivity index (χ0n) is 14.7. The molecule has 1 N–H and O–H groups in total. The molecule has 1 aromatic carbocycles. The van der Waals surface area contributed by atoms with Gasteiger partial charge in [0.05, 0.1) is 20.8 Å². The molecule has 0 aliphatic carbocycles. The van der Waals surface area contributed by atoms with Crippen molar-refractivity contribution in [3.05, 3.63) is 47.9 Å². The minimum absolute atomic E-state index is 0.299. The lowest BCUT2D eigenvalue weighted by molar-refractivity contribution is -0.402. The van der Waals surface area contributed by atoms with Gasteiger partial charge in [0.25, 0.3) is 17.1 Å². The van der Waals surface area contributed by atoms with Crippen LogP contribution in [0.3, 0.4) is 0 Å². The Hall–Kier alpha value is -3.64. The fourth-order valence-electron chi connectivity index (χ4n) is 2.35. The van der Waals surface area contributed by atoms with E-state index in [-0.39, 0.29) is 11.4 Å². The first-order valence-corrected chi connectivity index (χ1v) is 7.03. The van der Waals surface area contributed by atoms with Crippen molar-refractivity contribution in [1.29, 1.82) is 0 Å². The van der Waals surface area contributed by atoms with Gasteiger partial charge in [0.2, 0.25) is 0 Å². The van der Waals surface area contributed by atoms with Crippen LogP contribution in [0.25, 0.3) is 5.70 Å². The van der Waals surface area contributed by atoms with Gasteiger partial charge in [-0.15, -0.1) is 0 Å². The summed E-state index contributed by atoms with van der Waals surface area (Å²) in [6.45, 7) is 0. The van der Waals surface area contributed by atoms with E-state index in [4.69, 9.17) is 0 Å². The third kappa shape index (κ3) is 3.55. The molecule has 0 unspecified atom stereocenters. The van der Waals surface area contributed by atoms with E-state index in [1.54, 1.807) is 0 Å². The van der Waals surface area contributed by atoms with E-state index in [0.717, 1.165) is 4.90 Å². The average molecular weight is 369 g/mol. The van der Waals surface area contributed by atoms with Crippen LogP contribution in [0.15, 0.2) is 11.9 Å². The molecule has 26 heavy (non-hydrogen) atoms. The van der Waals surface area contributed by atoms with Gasteiger partial charge in [-0.1, -0.05) is 0 Å². The van der Waals surface area contributed by atoms with Crippen LogP contribution in [0.1, 0.15) is 5.56 Å². The van der Waals surface area contributed by atoms with E-state index in [1.165, 1.54) is 40.1 Å². The van der Waals surface area contributed by atoms with Crippen molar-refractivity contribution in [2.24, 2.45) is 0 Å². The molecule has 0 saturated heterocycles. The molecule has 0 saturated carbocycles. The largest absolute Gasteiger partial charge is 0.856 e. The van der Waals surface area contributed by atoms with E-state index in [2.05, 4.69) is 5.32 Å². The van der Waals surface area contributed by atoms with Gasteiger partial charge in [0.1, 0.15) is 16.9 Å². The van der Waals surface area contributed by atoms with Gasteiger partial charge >= 0.3 is 0 Å². The zero-order chi connectivity index (χ0) is 20.3. The minimum atomic E-state index is -1.07. The van der Waals surface area contributed by atoms with Crippen molar-refractivity contribution in [1.82, 2.24) is 4.90 Å². The predicted octanol–water partition coefficient (Wildman–Crippen LogP) is 0.435. The average Bonchev–Trinajstić information content (AvgIpc) is 2.52. The maximum atomic E-state index is 12.4. The molecular formula is C13H17N6O7-. The number of nitrogens with one attached hydrogen (secondary N) is 1. The van der Waals surface area contributed by atoms with E-state index in [0.29, 0.717) is 6.07 Å². The number of benzene rings is 1. The molecule has 0 atom stereocenters. The van der Waals surface area contributed by atoms with E-state index < -0.39 is 43.3 Å². The predicted molar refractivity (Wildman–Crippen MR) is 91.2 cm³/mol. The highest BCUT2D eigenvalue weighted by atomic mass is 16.6. The van der Waals surface area contributed by atoms with Gasteiger partial charge in [-0.2, -0.15) is 0 Å². The molecule has 0 amide bonds. The lowest BCUT2D eigenvalue weighted by Gasteiger charge is -2.25. The van der Waals surface area contributed by atoms with E-state index in [1.807, 2.05) is 0 Å². The highest BCUT2D eigenvalue weighted by Crippen LogP contribution is 2.46. The maximum Gasteiger partial charge on any atom is 0.300 e. The number of rotatable bonds is 7. The molecule has 13 nitrogen and oxygen atoms in total. The molecule has 0 fully saturated rings. The van der Waals surface area contributed by atoms with Crippen molar-refractivity contribution >= 4 is 28.4 Å². The summed E-state index contributed by atoms with van der Waals surface area (Å²) < 4.78 is 0. The highest BCUT2D eigenvalue weighted by molar-refractivity contribution is 5.92. The number of nitrogens with zero attached hydrogens (tertiary/aromatic N) is 5. The minimum Gasteiger partial charge on any atom is -0.856 e. The van der Waals surface area contributed by atoms with Crippen LogP contribution in [0.4, 0.5) is 22.7 Å². The second-order valence-electron chi connectivity index (χ2n) is 5.48. The molecule has 13 heteroatoms. The number of hydrogen-bond donors (Lipinski definition) is 1. The summed E-state index contributed by atoms with van der Waals surface area (Å²) in [5, 5.41) is 49.1. The van der Waals surface area contributed by atoms with Crippen molar-refractivity contribution in [2.45, 2.75) is 0 Å². The summed E-state index contributed by atoms with van der Waals surface area (Å²) >= 11 is 0. The molecular weight excluding hydrogens is 352 g/mol. The van der Waals surface area contributed by atoms with Gasteiger partial charge in [0, 0.05) is 41.1 Å². The van der Waals surface area contributed by atoms with Crippen molar-refractivity contribution in [3.8, 4) is 0 Å². The van der Waals surface area contributed by atoms with Crippen LogP contribution in [0.5, 0.6) is 0 Å².